The number of aliphatic hydroxyl groups is 2. The molecule has 0 aliphatic carbocycles. The third-order valence-electron chi connectivity index (χ3n) is 4.49. The first kappa shape index (κ1) is 17.6. The monoisotopic (exact) mass is 374 g/mol. The third kappa shape index (κ3) is 3.18. The van der Waals surface area contributed by atoms with Crippen molar-refractivity contribution >= 4 is 22.9 Å². The molecule has 27 heavy (non-hydrogen) atoms. The number of imidazole rings is 1. The van der Waals surface area contributed by atoms with E-state index in [2.05, 4.69) is 20.3 Å². The first-order valence-corrected chi connectivity index (χ1v) is 8.45. The van der Waals surface area contributed by atoms with Crippen molar-refractivity contribution in [1.29, 1.82) is 0 Å². The average molecular weight is 374 g/mol. The minimum atomic E-state index is -1.74. The van der Waals surface area contributed by atoms with E-state index in [0.717, 1.165) is 5.56 Å². The molecule has 9 nitrogen and oxygen atoms in total. The lowest BCUT2D eigenvalue weighted by molar-refractivity contribution is -0.0459. The van der Waals surface area contributed by atoms with Crippen molar-refractivity contribution in [3.8, 4) is 0 Å². The number of nitrogen functional groups attached to an aromatic ring is 1. The standard InChI is InChI=1S/C17H19FN6O3/c18-11-13(26)10(7-25)27-16(11)24-8-21-12-14(22-17(19)23-15(12)24)20-6-9-4-2-1-3-5-9/h1-5,8,10-11,13,16,25-26H,6-7H2,(H3,19,20,22,23)/t10-,11-,13-,16-/m1/s1. The molecule has 4 rings (SSSR count). The topological polar surface area (TPSA) is 131 Å². The number of hydrogen-bond acceptors (Lipinski definition) is 8. The van der Waals surface area contributed by atoms with Crippen LogP contribution in [-0.4, -0.2) is 54.7 Å². The first-order valence-electron chi connectivity index (χ1n) is 8.45. The van der Waals surface area contributed by atoms with Crippen molar-refractivity contribution in [3.05, 3.63) is 42.2 Å². The van der Waals surface area contributed by atoms with Gasteiger partial charge in [-0.25, -0.2) is 9.37 Å². The van der Waals surface area contributed by atoms with Crippen LogP contribution in [0.25, 0.3) is 11.2 Å². The molecule has 2 aromatic heterocycles. The van der Waals surface area contributed by atoms with E-state index in [-0.39, 0.29) is 11.6 Å². The number of alkyl halides is 1. The summed E-state index contributed by atoms with van der Waals surface area (Å²) < 4.78 is 21.2. The number of aromatic nitrogens is 4. The highest BCUT2D eigenvalue weighted by atomic mass is 19.1. The summed E-state index contributed by atoms with van der Waals surface area (Å²) >= 11 is 0. The molecule has 3 aromatic rings. The predicted octanol–water partition coefficient (Wildman–Crippen LogP) is 0.609. The number of rotatable bonds is 5. The van der Waals surface area contributed by atoms with Crippen LogP contribution in [0.2, 0.25) is 0 Å². The molecule has 0 spiro atoms. The second-order valence-corrected chi connectivity index (χ2v) is 6.28. The van der Waals surface area contributed by atoms with E-state index in [1.54, 1.807) is 0 Å². The van der Waals surface area contributed by atoms with Crippen LogP contribution in [0.15, 0.2) is 36.7 Å². The van der Waals surface area contributed by atoms with E-state index in [1.807, 2.05) is 30.3 Å². The molecule has 5 N–H and O–H groups in total. The number of nitrogens with two attached hydrogens (primary N) is 1. The first-order chi connectivity index (χ1) is 13.1. The molecule has 0 bridgehead atoms. The highest BCUT2D eigenvalue weighted by Crippen LogP contribution is 2.34. The number of fused-ring (bicyclic) bond motifs is 1. The lowest BCUT2D eigenvalue weighted by Crippen LogP contribution is -2.30. The van der Waals surface area contributed by atoms with Gasteiger partial charge in [0.2, 0.25) is 5.95 Å². The molecule has 1 saturated heterocycles. The van der Waals surface area contributed by atoms with Crippen LogP contribution in [0.4, 0.5) is 16.2 Å². The normalized spacial score (nSPS) is 25.1. The van der Waals surface area contributed by atoms with Gasteiger partial charge in [-0.15, -0.1) is 0 Å². The molecule has 1 aliphatic heterocycles. The zero-order valence-corrected chi connectivity index (χ0v) is 14.2. The molecular weight excluding hydrogens is 355 g/mol. The van der Waals surface area contributed by atoms with E-state index in [1.165, 1.54) is 10.9 Å². The van der Waals surface area contributed by atoms with Crippen LogP contribution < -0.4 is 11.1 Å². The van der Waals surface area contributed by atoms with Crippen molar-refractivity contribution in [2.45, 2.75) is 31.2 Å². The Morgan fingerprint density at radius 2 is 2.04 bits per heavy atom. The zero-order chi connectivity index (χ0) is 19.0. The molecule has 10 heteroatoms. The summed E-state index contributed by atoms with van der Waals surface area (Å²) in [6.45, 7) is 0.00192. The van der Waals surface area contributed by atoms with E-state index >= 15 is 0 Å². The predicted molar refractivity (Wildman–Crippen MR) is 95.4 cm³/mol. The van der Waals surface area contributed by atoms with Crippen molar-refractivity contribution in [3.63, 3.8) is 0 Å². The maximum atomic E-state index is 14.5. The van der Waals surface area contributed by atoms with Crippen LogP contribution >= 0.6 is 0 Å². The molecular formula is C17H19FN6O3. The van der Waals surface area contributed by atoms with E-state index in [4.69, 9.17) is 10.5 Å². The maximum Gasteiger partial charge on any atom is 0.224 e. The quantitative estimate of drug-likeness (QED) is 0.511. The Balaban J connectivity index is 1.66. The van der Waals surface area contributed by atoms with Crippen molar-refractivity contribution in [2.75, 3.05) is 17.7 Å². The number of anilines is 2. The van der Waals surface area contributed by atoms with Gasteiger partial charge in [-0.05, 0) is 5.56 Å². The molecule has 0 amide bonds. The summed E-state index contributed by atoms with van der Waals surface area (Å²) in [6.07, 6.45) is -4.00. The number of nitrogens with one attached hydrogen (secondary N) is 1. The lowest BCUT2D eigenvalue weighted by atomic mass is 10.1. The Morgan fingerprint density at radius 1 is 1.26 bits per heavy atom. The Morgan fingerprint density at radius 3 is 2.74 bits per heavy atom. The van der Waals surface area contributed by atoms with Gasteiger partial charge in [-0.2, -0.15) is 9.97 Å². The van der Waals surface area contributed by atoms with Gasteiger partial charge in [0, 0.05) is 6.54 Å². The van der Waals surface area contributed by atoms with Gasteiger partial charge in [0.05, 0.1) is 12.9 Å². The minimum Gasteiger partial charge on any atom is -0.394 e. The van der Waals surface area contributed by atoms with Crippen LogP contribution in [-0.2, 0) is 11.3 Å². The van der Waals surface area contributed by atoms with Gasteiger partial charge in [0.1, 0.15) is 12.2 Å². The fourth-order valence-corrected chi connectivity index (χ4v) is 3.10. The largest absolute Gasteiger partial charge is 0.394 e. The summed E-state index contributed by atoms with van der Waals surface area (Å²) in [5.74, 6) is 0.403. The van der Waals surface area contributed by atoms with Gasteiger partial charge in [-0.3, -0.25) is 4.57 Å². The van der Waals surface area contributed by atoms with Gasteiger partial charge in [-0.1, -0.05) is 30.3 Å². The molecule has 4 atom stereocenters. The zero-order valence-electron chi connectivity index (χ0n) is 14.2. The SMILES string of the molecule is Nc1nc(NCc2ccccc2)c2ncn([C@@H]3O[C@H](CO)[C@@H](O)[C@H]3F)c2n1. The molecule has 1 fully saturated rings. The number of halogens is 1. The summed E-state index contributed by atoms with van der Waals surface area (Å²) in [7, 11) is 0. The van der Waals surface area contributed by atoms with E-state index < -0.39 is 31.2 Å². The molecule has 0 saturated carbocycles. The van der Waals surface area contributed by atoms with Gasteiger partial charge < -0.3 is 26.0 Å². The summed E-state index contributed by atoms with van der Waals surface area (Å²) in [5, 5.41) is 22.2. The van der Waals surface area contributed by atoms with Gasteiger partial charge >= 0.3 is 0 Å². The number of nitrogens with zero attached hydrogens (tertiary/aromatic N) is 4. The molecule has 3 heterocycles. The minimum absolute atomic E-state index is 0.00697. The number of hydrogen-bond donors (Lipinski definition) is 4. The Labute approximate surface area is 153 Å². The number of benzene rings is 1. The molecule has 0 radical (unpaired) electrons. The second kappa shape index (κ2) is 7.06. The summed E-state index contributed by atoms with van der Waals surface area (Å²) in [4.78, 5) is 12.6. The molecule has 1 aromatic carbocycles. The lowest BCUT2D eigenvalue weighted by Gasteiger charge is -2.15. The number of aliphatic hydroxyl groups excluding tert-OH is 2. The van der Waals surface area contributed by atoms with Crippen molar-refractivity contribution in [1.82, 2.24) is 19.5 Å². The van der Waals surface area contributed by atoms with Crippen LogP contribution in [0.5, 0.6) is 0 Å². The van der Waals surface area contributed by atoms with Gasteiger partial charge in [0.25, 0.3) is 0 Å². The van der Waals surface area contributed by atoms with Crippen LogP contribution in [0.1, 0.15) is 11.8 Å². The highest BCUT2D eigenvalue weighted by molar-refractivity contribution is 5.84. The van der Waals surface area contributed by atoms with Crippen LogP contribution in [0, 0.1) is 0 Å². The Bertz CT molecular complexity index is 937. The van der Waals surface area contributed by atoms with Gasteiger partial charge in [0.15, 0.2) is 29.4 Å². The highest BCUT2D eigenvalue weighted by Gasteiger charge is 2.45. The van der Waals surface area contributed by atoms with Crippen molar-refractivity contribution < 1.29 is 19.3 Å². The Hall–Kier alpha value is -2.82. The van der Waals surface area contributed by atoms with Crippen LogP contribution in [0.3, 0.4) is 0 Å². The second-order valence-electron chi connectivity index (χ2n) is 6.28. The third-order valence-corrected chi connectivity index (χ3v) is 4.49. The fraction of sp³-hybridized carbons (Fsp3) is 0.353. The smallest absolute Gasteiger partial charge is 0.224 e. The Kier molecular flexibility index (Phi) is 4.60. The maximum absolute atomic E-state index is 14.5. The molecule has 0 unspecified atom stereocenters. The fourth-order valence-electron chi connectivity index (χ4n) is 3.10. The number of ether oxygens (including phenoxy) is 1. The van der Waals surface area contributed by atoms with E-state index in [0.29, 0.717) is 17.9 Å². The molecule has 142 valence electrons. The summed E-state index contributed by atoms with van der Waals surface area (Å²) in [5.41, 5.74) is 7.52. The molecule has 1 aliphatic rings. The summed E-state index contributed by atoms with van der Waals surface area (Å²) in [6, 6.07) is 9.71. The van der Waals surface area contributed by atoms with Crippen molar-refractivity contribution in [2.24, 2.45) is 0 Å². The van der Waals surface area contributed by atoms with E-state index in [9.17, 15) is 14.6 Å². The average Bonchev–Trinajstić information content (AvgIpc) is 3.22.